The molecule has 69 heavy (non-hydrogen) atoms. The summed E-state index contributed by atoms with van der Waals surface area (Å²) >= 11 is 0. The number of nitrogens with zero attached hydrogens (tertiary/aromatic N) is 4. The third-order valence-electron chi connectivity index (χ3n) is 13.5. The molecule has 10 aromatic carbocycles. The molecule has 12 aromatic rings. The second-order valence-corrected chi connectivity index (χ2v) is 21.5. The molecule has 0 N–H and O–H groups in total. The molecule has 0 aliphatic rings. The predicted octanol–water partition coefficient (Wildman–Crippen LogP) is 13.0. The first-order valence-corrected chi connectivity index (χ1v) is 25.5. The Morgan fingerprint density at radius 3 is 1.33 bits per heavy atom. The molecule has 0 amide bonds. The van der Waals surface area contributed by atoms with Gasteiger partial charge in [-0.2, -0.15) is 0 Å². The van der Waals surface area contributed by atoms with Crippen molar-refractivity contribution in [3.05, 3.63) is 266 Å². The average Bonchev–Trinajstić information content (AvgIpc) is 3.76. The largest absolute Gasteiger partial charge is 0.308 e. The molecule has 5 heteroatoms. The zero-order valence-electron chi connectivity index (χ0n) is 38.1. The molecule has 2 heterocycles. The van der Waals surface area contributed by atoms with Crippen LogP contribution in [0.2, 0.25) is 0 Å². The highest BCUT2D eigenvalue weighted by atomic mass is 28.3. The third kappa shape index (κ3) is 7.56. The van der Waals surface area contributed by atoms with Gasteiger partial charge in [0.25, 0.3) is 0 Å². The van der Waals surface area contributed by atoms with Crippen molar-refractivity contribution in [2.45, 2.75) is 6.92 Å². The van der Waals surface area contributed by atoms with E-state index in [2.05, 4.69) is 236 Å². The maximum atomic E-state index is 5.39. The molecule has 0 atom stereocenters. The van der Waals surface area contributed by atoms with E-state index in [1.54, 1.807) is 0 Å². The van der Waals surface area contributed by atoms with E-state index >= 15 is 0 Å². The summed E-state index contributed by atoms with van der Waals surface area (Å²) in [6.07, 6.45) is 0. The molecule has 0 saturated carbocycles. The van der Waals surface area contributed by atoms with Crippen molar-refractivity contribution in [2.75, 3.05) is 0 Å². The van der Waals surface area contributed by atoms with E-state index in [-0.39, 0.29) is 0 Å². The number of fused-ring (bicyclic) bond motifs is 3. The quantitative estimate of drug-likeness (QED) is 0.101. The molecule has 0 aliphatic heterocycles. The molecule has 0 unspecified atom stereocenters. The molecule has 2 aromatic heterocycles. The van der Waals surface area contributed by atoms with Gasteiger partial charge in [0, 0.05) is 27.5 Å². The monoisotopic (exact) mass is 898 g/mol. The molecule has 12 rings (SSSR count). The minimum absolute atomic E-state index is 0.595. The topological polar surface area (TPSA) is 43.6 Å². The van der Waals surface area contributed by atoms with Crippen molar-refractivity contribution in [2.24, 2.45) is 0 Å². The second kappa shape index (κ2) is 17.8. The van der Waals surface area contributed by atoms with Crippen LogP contribution < -0.4 is 20.7 Å². The van der Waals surface area contributed by atoms with Gasteiger partial charge < -0.3 is 4.57 Å². The highest BCUT2D eigenvalue weighted by Gasteiger charge is 2.41. The van der Waals surface area contributed by atoms with Gasteiger partial charge >= 0.3 is 0 Å². The predicted molar refractivity (Wildman–Crippen MR) is 290 cm³/mol. The van der Waals surface area contributed by atoms with Gasteiger partial charge in [-0.15, -0.1) is 0 Å². The van der Waals surface area contributed by atoms with Gasteiger partial charge in [-0.25, -0.2) is 15.0 Å². The normalized spacial score (nSPS) is 11.6. The molecule has 0 radical (unpaired) electrons. The van der Waals surface area contributed by atoms with Gasteiger partial charge in [0.1, 0.15) is 0 Å². The molecule has 0 saturated heterocycles. The Labute approximate surface area is 403 Å². The Kier molecular flexibility index (Phi) is 10.7. The summed E-state index contributed by atoms with van der Waals surface area (Å²) in [4.78, 5) is 15.9. The Balaban J connectivity index is 1.14. The fraction of sp³-hybridized carbons (Fsp3) is 0.0156. The number of rotatable bonds is 10. The van der Waals surface area contributed by atoms with Crippen LogP contribution in [0.15, 0.2) is 261 Å². The van der Waals surface area contributed by atoms with E-state index in [0.29, 0.717) is 17.5 Å². The van der Waals surface area contributed by atoms with Crippen LogP contribution >= 0.6 is 0 Å². The van der Waals surface area contributed by atoms with Crippen molar-refractivity contribution in [3.63, 3.8) is 0 Å². The minimum Gasteiger partial charge on any atom is -0.308 e. The van der Waals surface area contributed by atoms with Crippen LogP contribution in [-0.4, -0.2) is 27.6 Å². The third-order valence-corrected chi connectivity index (χ3v) is 18.2. The fourth-order valence-electron chi connectivity index (χ4n) is 10.2. The van der Waals surface area contributed by atoms with Crippen LogP contribution in [0, 0.1) is 6.92 Å². The summed E-state index contributed by atoms with van der Waals surface area (Å²) in [5.74, 6) is 1.83. The molecule has 0 fully saturated rings. The molecule has 0 aliphatic carbocycles. The molecule has 4 nitrogen and oxygen atoms in total. The fourth-order valence-corrected chi connectivity index (χ4v) is 15.0. The number of hydrogen-bond donors (Lipinski definition) is 0. The summed E-state index contributed by atoms with van der Waals surface area (Å²) in [6, 6.07) is 94.2. The van der Waals surface area contributed by atoms with Crippen molar-refractivity contribution in [1.82, 2.24) is 19.5 Å². The second-order valence-electron chi connectivity index (χ2n) is 17.7. The van der Waals surface area contributed by atoms with E-state index in [4.69, 9.17) is 15.0 Å². The van der Waals surface area contributed by atoms with Gasteiger partial charge in [0.2, 0.25) is 0 Å². The van der Waals surface area contributed by atoms with Crippen LogP contribution in [0.5, 0.6) is 0 Å². The van der Waals surface area contributed by atoms with Crippen LogP contribution in [0.3, 0.4) is 0 Å². The molecule has 0 bridgehead atoms. The van der Waals surface area contributed by atoms with Crippen molar-refractivity contribution >= 4 is 50.6 Å². The van der Waals surface area contributed by atoms with Gasteiger partial charge in [0.15, 0.2) is 25.5 Å². The Hall–Kier alpha value is -8.77. The van der Waals surface area contributed by atoms with E-state index in [1.165, 1.54) is 42.6 Å². The van der Waals surface area contributed by atoms with Crippen molar-refractivity contribution < 1.29 is 0 Å². The van der Waals surface area contributed by atoms with Crippen LogP contribution in [0.1, 0.15) is 5.56 Å². The van der Waals surface area contributed by atoms with Gasteiger partial charge in [-0.1, -0.05) is 242 Å². The van der Waals surface area contributed by atoms with E-state index < -0.39 is 8.07 Å². The summed E-state index contributed by atoms with van der Waals surface area (Å²) in [5, 5.41) is 7.66. The summed E-state index contributed by atoms with van der Waals surface area (Å²) < 4.78 is 2.41. The number of hydrogen-bond acceptors (Lipinski definition) is 3. The first-order chi connectivity index (χ1) is 34.1. The SMILES string of the molecule is Cc1cccc(-c2ccc3c4ccccc4n(-c4ccc(-c5cccc([Si](c6ccccc6)(c6ccccc6)c6ccccc6)c5)cc4-c4nc(-c5ccccc5)nc(-c5ccccc5)n4)c3c2)c1. The Bertz CT molecular complexity index is 3620. The Morgan fingerprint density at radius 1 is 0.304 bits per heavy atom. The van der Waals surface area contributed by atoms with Gasteiger partial charge in [-0.3, -0.25) is 0 Å². The van der Waals surface area contributed by atoms with Crippen LogP contribution in [0.4, 0.5) is 0 Å². The number of benzene rings is 10. The van der Waals surface area contributed by atoms with Gasteiger partial charge in [-0.05, 0) is 74.2 Å². The maximum absolute atomic E-state index is 5.39. The first kappa shape index (κ1) is 41.6. The number of aryl methyl sites for hydroxylation is 1. The molecule has 0 spiro atoms. The van der Waals surface area contributed by atoms with Crippen LogP contribution in [-0.2, 0) is 0 Å². The minimum atomic E-state index is -2.82. The van der Waals surface area contributed by atoms with E-state index in [0.717, 1.165) is 50.1 Å². The highest BCUT2D eigenvalue weighted by molar-refractivity contribution is 7.19. The number of aromatic nitrogens is 4. The van der Waals surface area contributed by atoms with E-state index in [9.17, 15) is 0 Å². The standard InChI is InChI=1S/C64H46N4Si/c1-45-21-19-26-48(41-45)51-37-39-57-56-35-17-18-36-59(56)68(61(57)44-51)60-40-38-50(43-58(60)64-66-62(46-22-7-2-8-23-46)65-63(67-64)47-24-9-3-10-25-47)49-27-20-34-55(42-49)69(52-28-11-4-12-29-52,53-30-13-5-14-31-53)54-32-15-6-16-33-54/h2-44H,1H3. The lowest BCUT2D eigenvalue weighted by atomic mass is 10.0. The molecular weight excluding hydrogens is 853 g/mol. The zero-order valence-corrected chi connectivity index (χ0v) is 39.1. The first-order valence-electron chi connectivity index (χ1n) is 23.5. The lowest BCUT2D eigenvalue weighted by Crippen LogP contribution is -2.74. The van der Waals surface area contributed by atoms with E-state index in [1.807, 2.05) is 36.4 Å². The van der Waals surface area contributed by atoms with Gasteiger partial charge in [0.05, 0.1) is 16.7 Å². The van der Waals surface area contributed by atoms with Crippen LogP contribution in [0.25, 0.3) is 83.9 Å². The highest BCUT2D eigenvalue weighted by Crippen LogP contribution is 2.40. The summed E-state index contributed by atoms with van der Waals surface area (Å²) in [7, 11) is -2.82. The summed E-state index contributed by atoms with van der Waals surface area (Å²) in [6.45, 7) is 2.15. The molecule has 326 valence electrons. The van der Waals surface area contributed by atoms with Crippen molar-refractivity contribution in [3.8, 4) is 62.1 Å². The summed E-state index contributed by atoms with van der Waals surface area (Å²) in [5.41, 5.74) is 11.7. The van der Waals surface area contributed by atoms with Crippen molar-refractivity contribution in [1.29, 1.82) is 0 Å². The smallest absolute Gasteiger partial charge is 0.179 e. The molecular formula is C64H46N4Si. The number of para-hydroxylation sites is 1. The maximum Gasteiger partial charge on any atom is 0.179 e. The zero-order chi connectivity index (χ0) is 46.2. The Morgan fingerprint density at radius 2 is 0.739 bits per heavy atom. The lowest BCUT2D eigenvalue weighted by Gasteiger charge is -2.34. The average molecular weight is 899 g/mol. The lowest BCUT2D eigenvalue weighted by molar-refractivity contribution is 1.06.